The van der Waals surface area contributed by atoms with Crippen molar-refractivity contribution in [3.8, 4) is 5.75 Å². The van der Waals surface area contributed by atoms with Gasteiger partial charge in [0.1, 0.15) is 5.75 Å². The fraction of sp³-hybridized carbons (Fsp3) is 0.562. The second-order valence-corrected chi connectivity index (χ2v) is 5.06. The highest BCUT2D eigenvalue weighted by Crippen LogP contribution is 2.14. The first-order chi connectivity index (χ1) is 9.79. The van der Waals surface area contributed by atoms with E-state index in [1.54, 1.807) is 0 Å². The summed E-state index contributed by atoms with van der Waals surface area (Å²) in [6.45, 7) is 6.22. The molecule has 1 saturated heterocycles. The Bertz CT molecular complexity index is 411. The topological polar surface area (TPSA) is 41.6 Å². The van der Waals surface area contributed by atoms with Crippen LogP contribution in [0.15, 0.2) is 24.3 Å². The van der Waals surface area contributed by atoms with Gasteiger partial charge in [-0.25, -0.2) is 0 Å². The summed E-state index contributed by atoms with van der Waals surface area (Å²) in [7, 11) is 0. The molecule has 4 heteroatoms. The lowest BCUT2D eigenvalue weighted by Gasteiger charge is -2.27. The molecular formula is C16H24N2O2. The molecule has 0 aromatic heterocycles. The summed E-state index contributed by atoms with van der Waals surface area (Å²) >= 11 is 0. The zero-order chi connectivity index (χ0) is 14.2. The van der Waals surface area contributed by atoms with Crippen molar-refractivity contribution in [2.45, 2.75) is 26.2 Å². The van der Waals surface area contributed by atoms with Gasteiger partial charge in [-0.15, -0.1) is 0 Å². The van der Waals surface area contributed by atoms with Gasteiger partial charge in [-0.1, -0.05) is 12.1 Å². The lowest BCUT2D eigenvalue weighted by atomic mass is 10.1. The monoisotopic (exact) mass is 276 g/mol. The first kappa shape index (κ1) is 14.9. The summed E-state index contributed by atoms with van der Waals surface area (Å²) < 4.78 is 5.42. The molecule has 0 spiro atoms. The number of carbonyl (C=O) groups is 1. The highest BCUT2D eigenvalue weighted by Gasteiger charge is 2.15. The Labute approximate surface area is 121 Å². The predicted octanol–water partition coefficient (Wildman–Crippen LogP) is 1.84. The van der Waals surface area contributed by atoms with Crippen LogP contribution < -0.4 is 10.1 Å². The normalized spacial score (nSPS) is 15.2. The van der Waals surface area contributed by atoms with Gasteiger partial charge in [0.2, 0.25) is 5.91 Å². The van der Waals surface area contributed by atoms with Crippen LogP contribution in [0.5, 0.6) is 5.75 Å². The van der Waals surface area contributed by atoms with E-state index in [4.69, 9.17) is 4.74 Å². The number of rotatable bonds is 6. The highest BCUT2D eigenvalue weighted by atomic mass is 16.5. The number of piperazine rings is 1. The summed E-state index contributed by atoms with van der Waals surface area (Å²) in [5.41, 5.74) is 1.27. The third kappa shape index (κ3) is 4.53. The van der Waals surface area contributed by atoms with E-state index in [2.05, 4.69) is 17.4 Å². The maximum atomic E-state index is 12.0. The van der Waals surface area contributed by atoms with Gasteiger partial charge in [-0.3, -0.25) is 4.79 Å². The minimum absolute atomic E-state index is 0.289. The Kier molecular flexibility index (Phi) is 5.87. The van der Waals surface area contributed by atoms with E-state index in [-0.39, 0.29) is 5.91 Å². The second kappa shape index (κ2) is 7.90. The molecule has 1 aromatic carbocycles. The number of amides is 1. The third-order valence-electron chi connectivity index (χ3n) is 3.56. The number of carbonyl (C=O) groups excluding carboxylic acids is 1. The van der Waals surface area contributed by atoms with Crippen molar-refractivity contribution in [2.24, 2.45) is 0 Å². The first-order valence-electron chi connectivity index (χ1n) is 7.50. The lowest BCUT2D eigenvalue weighted by molar-refractivity contribution is -0.131. The number of hydrogen-bond donors (Lipinski definition) is 1. The lowest BCUT2D eigenvalue weighted by Crippen LogP contribution is -2.46. The molecule has 1 heterocycles. The van der Waals surface area contributed by atoms with Crippen LogP contribution in [0, 0.1) is 0 Å². The van der Waals surface area contributed by atoms with E-state index in [1.807, 2.05) is 24.0 Å². The van der Waals surface area contributed by atoms with Crippen molar-refractivity contribution >= 4 is 5.91 Å². The summed E-state index contributed by atoms with van der Waals surface area (Å²) in [4.78, 5) is 14.0. The Balaban J connectivity index is 1.70. The molecule has 110 valence electrons. The van der Waals surface area contributed by atoms with Gasteiger partial charge in [0.25, 0.3) is 0 Å². The molecule has 0 saturated carbocycles. The second-order valence-electron chi connectivity index (χ2n) is 5.06. The zero-order valence-corrected chi connectivity index (χ0v) is 12.2. The molecule has 4 nitrogen and oxygen atoms in total. The molecule has 0 radical (unpaired) electrons. The molecule has 1 fully saturated rings. The van der Waals surface area contributed by atoms with E-state index < -0.39 is 0 Å². The van der Waals surface area contributed by atoms with Gasteiger partial charge >= 0.3 is 0 Å². The highest BCUT2D eigenvalue weighted by molar-refractivity contribution is 5.76. The minimum atomic E-state index is 0.289. The zero-order valence-electron chi connectivity index (χ0n) is 12.2. The summed E-state index contributed by atoms with van der Waals surface area (Å²) in [6.07, 6.45) is 2.51. The standard InChI is InChI=1S/C16H24N2O2/c1-2-20-15-8-6-14(7-9-15)4-3-5-16(19)18-12-10-17-11-13-18/h6-9,17H,2-5,10-13H2,1H3. The number of hydrogen-bond acceptors (Lipinski definition) is 3. The maximum absolute atomic E-state index is 12.0. The van der Waals surface area contributed by atoms with E-state index in [1.165, 1.54) is 5.56 Å². The average Bonchev–Trinajstić information content (AvgIpc) is 2.50. The Morgan fingerprint density at radius 1 is 1.25 bits per heavy atom. The van der Waals surface area contributed by atoms with Crippen LogP contribution in [0.3, 0.4) is 0 Å². The molecule has 1 aliphatic rings. The maximum Gasteiger partial charge on any atom is 0.222 e. The Morgan fingerprint density at radius 3 is 2.60 bits per heavy atom. The molecule has 1 aliphatic heterocycles. The van der Waals surface area contributed by atoms with Crippen LogP contribution in [0.4, 0.5) is 0 Å². The van der Waals surface area contributed by atoms with Gasteiger partial charge in [-0.2, -0.15) is 0 Å². The number of aryl methyl sites for hydroxylation is 1. The molecule has 0 aliphatic carbocycles. The fourth-order valence-corrected chi connectivity index (χ4v) is 2.44. The molecule has 0 bridgehead atoms. The van der Waals surface area contributed by atoms with E-state index in [0.29, 0.717) is 13.0 Å². The van der Waals surface area contributed by atoms with Crippen LogP contribution in [0.1, 0.15) is 25.3 Å². The minimum Gasteiger partial charge on any atom is -0.494 e. The number of benzene rings is 1. The molecule has 1 amide bonds. The fourth-order valence-electron chi connectivity index (χ4n) is 2.44. The third-order valence-corrected chi connectivity index (χ3v) is 3.56. The largest absolute Gasteiger partial charge is 0.494 e. The van der Waals surface area contributed by atoms with Crippen molar-refractivity contribution in [3.63, 3.8) is 0 Å². The van der Waals surface area contributed by atoms with Crippen molar-refractivity contribution in [2.75, 3.05) is 32.8 Å². The SMILES string of the molecule is CCOc1ccc(CCCC(=O)N2CCNCC2)cc1. The van der Waals surface area contributed by atoms with Crippen LogP contribution in [-0.2, 0) is 11.2 Å². The van der Waals surface area contributed by atoms with Crippen LogP contribution in [0.25, 0.3) is 0 Å². The van der Waals surface area contributed by atoms with Crippen LogP contribution in [-0.4, -0.2) is 43.6 Å². The quantitative estimate of drug-likeness (QED) is 0.862. The molecule has 1 N–H and O–H groups in total. The summed E-state index contributed by atoms with van der Waals surface area (Å²) in [5.74, 6) is 1.20. The summed E-state index contributed by atoms with van der Waals surface area (Å²) in [5, 5.41) is 3.26. The molecular weight excluding hydrogens is 252 g/mol. The van der Waals surface area contributed by atoms with Crippen molar-refractivity contribution < 1.29 is 9.53 Å². The van der Waals surface area contributed by atoms with E-state index in [9.17, 15) is 4.79 Å². The van der Waals surface area contributed by atoms with Crippen LogP contribution >= 0.6 is 0 Å². The molecule has 1 aromatic rings. The van der Waals surface area contributed by atoms with E-state index >= 15 is 0 Å². The smallest absolute Gasteiger partial charge is 0.222 e. The molecule has 0 unspecified atom stereocenters. The van der Waals surface area contributed by atoms with Gasteiger partial charge in [0.05, 0.1) is 6.61 Å². The van der Waals surface area contributed by atoms with Gasteiger partial charge in [0, 0.05) is 32.6 Å². The Morgan fingerprint density at radius 2 is 1.95 bits per heavy atom. The molecule has 20 heavy (non-hydrogen) atoms. The number of nitrogens with zero attached hydrogens (tertiary/aromatic N) is 1. The number of nitrogens with one attached hydrogen (secondary N) is 1. The molecule has 0 atom stereocenters. The Hall–Kier alpha value is -1.55. The van der Waals surface area contributed by atoms with Gasteiger partial charge in [-0.05, 0) is 37.5 Å². The number of ether oxygens (including phenoxy) is 1. The van der Waals surface area contributed by atoms with Crippen molar-refractivity contribution in [1.29, 1.82) is 0 Å². The van der Waals surface area contributed by atoms with Crippen LogP contribution in [0.2, 0.25) is 0 Å². The summed E-state index contributed by atoms with van der Waals surface area (Å²) in [6, 6.07) is 8.16. The van der Waals surface area contributed by atoms with Crippen molar-refractivity contribution in [1.82, 2.24) is 10.2 Å². The van der Waals surface area contributed by atoms with E-state index in [0.717, 1.165) is 44.8 Å². The first-order valence-corrected chi connectivity index (χ1v) is 7.50. The van der Waals surface area contributed by atoms with Crippen molar-refractivity contribution in [3.05, 3.63) is 29.8 Å². The molecule has 2 rings (SSSR count). The van der Waals surface area contributed by atoms with Gasteiger partial charge < -0.3 is 15.0 Å². The van der Waals surface area contributed by atoms with Gasteiger partial charge in [0.15, 0.2) is 0 Å². The predicted molar refractivity (Wildman–Crippen MR) is 80.0 cm³/mol. The average molecular weight is 276 g/mol.